The Bertz CT molecular complexity index is 237. The first-order chi connectivity index (χ1) is 5.25. The normalized spacial score (nSPS) is 12.9. The van der Waals surface area contributed by atoms with Gasteiger partial charge in [0.05, 0.1) is 0 Å². The zero-order chi connectivity index (χ0) is 8.27. The van der Waals surface area contributed by atoms with Gasteiger partial charge in [0, 0.05) is 18.2 Å². The first-order valence-electron chi connectivity index (χ1n) is 3.49. The van der Waals surface area contributed by atoms with Crippen LogP contribution in [0.25, 0.3) is 0 Å². The SMILES string of the molecule is NC[C@@H](N)c1ccccc1O. The zero-order valence-corrected chi connectivity index (χ0v) is 6.20. The Balaban J connectivity index is 2.93. The zero-order valence-electron chi connectivity index (χ0n) is 6.20. The fourth-order valence-electron chi connectivity index (χ4n) is 0.928. The Morgan fingerprint density at radius 3 is 2.55 bits per heavy atom. The van der Waals surface area contributed by atoms with Crippen molar-refractivity contribution in [1.29, 1.82) is 0 Å². The van der Waals surface area contributed by atoms with Gasteiger partial charge < -0.3 is 16.6 Å². The molecule has 60 valence electrons. The lowest BCUT2D eigenvalue weighted by Gasteiger charge is -2.09. The summed E-state index contributed by atoms with van der Waals surface area (Å²) in [5.74, 6) is 0.213. The van der Waals surface area contributed by atoms with Gasteiger partial charge in [-0.05, 0) is 6.07 Å². The summed E-state index contributed by atoms with van der Waals surface area (Å²) in [6.07, 6.45) is 0. The maximum absolute atomic E-state index is 9.28. The minimum atomic E-state index is -0.267. The summed E-state index contributed by atoms with van der Waals surface area (Å²) < 4.78 is 0. The Morgan fingerprint density at radius 2 is 2.00 bits per heavy atom. The van der Waals surface area contributed by atoms with Crippen LogP contribution in [-0.4, -0.2) is 11.7 Å². The quantitative estimate of drug-likeness (QED) is 0.572. The van der Waals surface area contributed by atoms with E-state index in [-0.39, 0.29) is 11.8 Å². The molecule has 0 fully saturated rings. The van der Waals surface area contributed by atoms with Crippen molar-refractivity contribution in [2.45, 2.75) is 6.04 Å². The third-order valence-electron chi connectivity index (χ3n) is 1.59. The lowest BCUT2D eigenvalue weighted by molar-refractivity contribution is 0.462. The molecule has 0 bridgehead atoms. The maximum atomic E-state index is 9.28. The van der Waals surface area contributed by atoms with Crippen LogP contribution in [0.1, 0.15) is 11.6 Å². The minimum absolute atomic E-state index is 0.213. The van der Waals surface area contributed by atoms with E-state index in [1.165, 1.54) is 0 Å². The number of hydrogen-bond acceptors (Lipinski definition) is 3. The first kappa shape index (κ1) is 8.04. The van der Waals surface area contributed by atoms with Crippen molar-refractivity contribution in [2.75, 3.05) is 6.54 Å². The number of hydrogen-bond donors (Lipinski definition) is 3. The first-order valence-corrected chi connectivity index (χ1v) is 3.49. The molecule has 11 heavy (non-hydrogen) atoms. The number of para-hydroxylation sites is 1. The van der Waals surface area contributed by atoms with Gasteiger partial charge in [-0.1, -0.05) is 18.2 Å². The molecule has 1 atom stereocenters. The standard InChI is InChI=1S/C8H12N2O/c9-5-7(10)6-3-1-2-4-8(6)11/h1-4,7,11H,5,9-10H2/t7-/m1/s1. The number of aromatic hydroxyl groups is 1. The molecule has 3 nitrogen and oxygen atoms in total. The van der Waals surface area contributed by atoms with Crippen LogP contribution in [0.15, 0.2) is 24.3 Å². The molecule has 0 unspecified atom stereocenters. The molecule has 3 heteroatoms. The maximum Gasteiger partial charge on any atom is 0.120 e. The largest absolute Gasteiger partial charge is 0.508 e. The van der Waals surface area contributed by atoms with E-state index in [2.05, 4.69) is 0 Å². The van der Waals surface area contributed by atoms with Gasteiger partial charge in [-0.3, -0.25) is 0 Å². The third kappa shape index (κ3) is 1.69. The van der Waals surface area contributed by atoms with Gasteiger partial charge in [0.1, 0.15) is 5.75 Å². The van der Waals surface area contributed by atoms with Crippen molar-refractivity contribution >= 4 is 0 Å². The van der Waals surface area contributed by atoms with E-state index >= 15 is 0 Å². The average molecular weight is 152 g/mol. The predicted molar refractivity (Wildman–Crippen MR) is 44.1 cm³/mol. The van der Waals surface area contributed by atoms with Crippen molar-refractivity contribution < 1.29 is 5.11 Å². The Kier molecular flexibility index (Phi) is 2.46. The summed E-state index contributed by atoms with van der Waals surface area (Å²) >= 11 is 0. The van der Waals surface area contributed by atoms with Gasteiger partial charge in [0.15, 0.2) is 0 Å². The lowest BCUT2D eigenvalue weighted by atomic mass is 10.1. The van der Waals surface area contributed by atoms with Crippen molar-refractivity contribution in [3.63, 3.8) is 0 Å². The molecule has 1 rings (SSSR count). The molecule has 0 saturated carbocycles. The molecular formula is C8H12N2O. The summed E-state index contributed by atoms with van der Waals surface area (Å²) in [6.45, 7) is 0.345. The molecule has 1 aromatic rings. The van der Waals surface area contributed by atoms with Crippen LogP contribution in [0, 0.1) is 0 Å². The molecule has 1 aromatic carbocycles. The number of benzene rings is 1. The van der Waals surface area contributed by atoms with Gasteiger partial charge in [-0.2, -0.15) is 0 Å². The second kappa shape index (κ2) is 3.37. The number of phenolic OH excluding ortho intramolecular Hbond substituents is 1. The predicted octanol–water partition coefficient (Wildman–Crippen LogP) is 0.351. The van der Waals surface area contributed by atoms with Crippen molar-refractivity contribution in [3.8, 4) is 5.75 Å². The smallest absolute Gasteiger partial charge is 0.120 e. The van der Waals surface area contributed by atoms with E-state index in [4.69, 9.17) is 11.5 Å². The van der Waals surface area contributed by atoms with Gasteiger partial charge >= 0.3 is 0 Å². The highest BCUT2D eigenvalue weighted by atomic mass is 16.3. The Morgan fingerprint density at radius 1 is 1.36 bits per heavy atom. The van der Waals surface area contributed by atoms with Gasteiger partial charge in [-0.25, -0.2) is 0 Å². The topological polar surface area (TPSA) is 72.3 Å². The van der Waals surface area contributed by atoms with Crippen LogP contribution in [0.2, 0.25) is 0 Å². The molecule has 0 spiro atoms. The fraction of sp³-hybridized carbons (Fsp3) is 0.250. The fourth-order valence-corrected chi connectivity index (χ4v) is 0.928. The van der Waals surface area contributed by atoms with Crippen molar-refractivity contribution in [3.05, 3.63) is 29.8 Å². The van der Waals surface area contributed by atoms with Crippen LogP contribution >= 0.6 is 0 Å². The molecule has 0 heterocycles. The highest BCUT2D eigenvalue weighted by Gasteiger charge is 2.06. The van der Waals surface area contributed by atoms with E-state index in [9.17, 15) is 5.11 Å². The monoisotopic (exact) mass is 152 g/mol. The summed E-state index contributed by atoms with van der Waals surface area (Å²) in [7, 11) is 0. The summed E-state index contributed by atoms with van der Waals surface area (Å²) in [5.41, 5.74) is 11.7. The van der Waals surface area contributed by atoms with Crippen molar-refractivity contribution in [2.24, 2.45) is 11.5 Å². The third-order valence-corrected chi connectivity index (χ3v) is 1.59. The molecular weight excluding hydrogens is 140 g/mol. The van der Waals surface area contributed by atoms with Crippen LogP contribution in [0.4, 0.5) is 0 Å². The van der Waals surface area contributed by atoms with E-state index in [1.807, 2.05) is 6.07 Å². The molecule has 0 aliphatic rings. The molecule has 0 aliphatic carbocycles. The summed E-state index contributed by atoms with van der Waals surface area (Å²) in [5, 5.41) is 9.28. The summed E-state index contributed by atoms with van der Waals surface area (Å²) in [4.78, 5) is 0. The van der Waals surface area contributed by atoms with E-state index in [0.29, 0.717) is 12.1 Å². The Hall–Kier alpha value is -1.06. The van der Waals surface area contributed by atoms with Gasteiger partial charge in [-0.15, -0.1) is 0 Å². The van der Waals surface area contributed by atoms with Crippen LogP contribution in [-0.2, 0) is 0 Å². The molecule has 5 N–H and O–H groups in total. The second-order valence-corrected chi connectivity index (χ2v) is 2.40. The minimum Gasteiger partial charge on any atom is -0.508 e. The molecule has 0 radical (unpaired) electrons. The highest BCUT2D eigenvalue weighted by Crippen LogP contribution is 2.20. The van der Waals surface area contributed by atoms with Crippen LogP contribution < -0.4 is 11.5 Å². The van der Waals surface area contributed by atoms with Gasteiger partial charge in [0.2, 0.25) is 0 Å². The highest BCUT2D eigenvalue weighted by molar-refractivity contribution is 5.34. The second-order valence-electron chi connectivity index (χ2n) is 2.40. The Labute approximate surface area is 65.6 Å². The van der Waals surface area contributed by atoms with E-state index in [1.54, 1.807) is 18.2 Å². The van der Waals surface area contributed by atoms with E-state index < -0.39 is 0 Å². The molecule has 0 aliphatic heterocycles. The summed E-state index contributed by atoms with van der Waals surface area (Å²) in [6, 6.07) is 6.68. The van der Waals surface area contributed by atoms with Crippen LogP contribution in [0.5, 0.6) is 5.75 Å². The molecule has 0 saturated heterocycles. The average Bonchev–Trinajstić information content (AvgIpc) is 2.04. The molecule has 0 amide bonds. The lowest BCUT2D eigenvalue weighted by Crippen LogP contribution is -2.20. The van der Waals surface area contributed by atoms with Crippen molar-refractivity contribution in [1.82, 2.24) is 0 Å². The number of rotatable bonds is 2. The van der Waals surface area contributed by atoms with E-state index in [0.717, 1.165) is 0 Å². The number of phenols is 1. The molecule has 0 aromatic heterocycles. The van der Waals surface area contributed by atoms with Gasteiger partial charge in [0.25, 0.3) is 0 Å². The van der Waals surface area contributed by atoms with Crippen LogP contribution in [0.3, 0.4) is 0 Å². The number of nitrogens with two attached hydrogens (primary N) is 2.